The zero-order valence-electron chi connectivity index (χ0n) is 19.4. The average Bonchev–Trinajstić information content (AvgIpc) is 3.24. The minimum Gasteiger partial charge on any atom is -0.461 e. The Morgan fingerprint density at radius 2 is 1.78 bits per heavy atom. The minimum absolute atomic E-state index is 0.0558. The van der Waals surface area contributed by atoms with Crippen LogP contribution in [0, 0.1) is 0 Å². The van der Waals surface area contributed by atoms with Crippen LogP contribution in [0.5, 0.6) is 0 Å². The molecular weight excluding hydrogens is 528 g/mol. The van der Waals surface area contributed by atoms with Gasteiger partial charge in [0, 0.05) is 22.8 Å². The topological polar surface area (TPSA) is 91.7 Å². The van der Waals surface area contributed by atoms with Crippen molar-refractivity contribution in [3.63, 3.8) is 0 Å². The standard InChI is InChI=1S/C25H22ClFNO6PS/c1-3-34-25(29)23-24(35(30,33-2)19-9-7-8-17(14-19)16-27)21-15-18(26)12-13-22(21)28(23)36(31,32)20-10-5-4-6-11-20/h4-15H,3,16H2,1-2H3. The molecule has 0 aliphatic carbocycles. The molecule has 188 valence electrons. The van der Waals surface area contributed by atoms with E-state index < -0.39 is 35.7 Å². The molecule has 3 aromatic carbocycles. The van der Waals surface area contributed by atoms with E-state index in [1.807, 2.05) is 0 Å². The number of ether oxygens (including phenoxy) is 1. The van der Waals surface area contributed by atoms with Crippen LogP contribution < -0.4 is 10.6 Å². The summed E-state index contributed by atoms with van der Waals surface area (Å²) in [4.78, 5) is 13.3. The summed E-state index contributed by atoms with van der Waals surface area (Å²) in [7, 11) is -7.38. The molecule has 1 heterocycles. The number of rotatable bonds is 8. The first-order valence-electron chi connectivity index (χ1n) is 10.8. The molecule has 1 unspecified atom stereocenters. The highest BCUT2D eigenvalue weighted by atomic mass is 35.5. The Hall–Kier alpha value is -2.97. The van der Waals surface area contributed by atoms with E-state index in [2.05, 4.69) is 0 Å². The highest BCUT2D eigenvalue weighted by Gasteiger charge is 2.41. The van der Waals surface area contributed by atoms with Crippen LogP contribution in [0.25, 0.3) is 10.9 Å². The minimum atomic E-state index is -4.38. The molecule has 1 aromatic heterocycles. The van der Waals surface area contributed by atoms with E-state index in [0.29, 0.717) is 0 Å². The normalized spacial score (nSPS) is 13.4. The third-order valence-electron chi connectivity index (χ3n) is 5.57. The molecule has 4 rings (SSSR count). The van der Waals surface area contributed by atoms with Crippen LogP contribution in [0.3, 0.4) is 0 Å². The van der Waals surface area contributed by atoms with Gasteiger partial charge in [-0.15, -0.1) is 0 Å². The first kappa shape index (κ1) is 26.1. The fourth-order valence-electron chi connectivity index (χ4n) is 3.99. The van der Waals surface area contributed by atoms with Crippen molar-refractivity contribution in [2.45, 2.75) is 18.5 Å². The molecule has 0 aliphatic rings. The van der Waals surface area contributed by atoms with E-state index in [4.69, 9.17) is 20.9 Å². The molecule has 0 bridgehead atoms. The fourth-order valence-corrected chi connectivity index (χ4v) is 8.00. The third kappa shape index (κ3) is 4.37. The summed E-state index contributed by atoms with van der Waals surface area (Å²) in [5.74, 6) is -1.02. The Morgan fingerprint density at radius 3 is 2.42 bits per heavy atom. The second-order valence-electron chi connectivity index (χ2n) is 7.70. The predicted octanol–water partition coefficient (Wildman–Crippen LogP) is 5.05. The van der Waals surface area contributed by atoms with Gasteiger partial charge in [0.25, 0.3) is 17.4 Å². The number of hydrogen-bond donors (Lipinski definition) is 0. The fraction of sp³-hybridized carbons (Fsp3) is 0.160. The van der Waals surface area contributed by atoms with Crippen molar-refractivity contribution in [1.29, 1.82) is 0 Å². The molecule has 0 spiro atoms. The van der Waals surface area contributed by atoms with Crippen LogP contribution in [0.2, 0.25) is 5.02 Å². The molecule has 4 aromatic rings. The first-order valence-corrected chi connectivity index (χ1v) is 14.3. The van der Waals surface area contributed by atoms with E-state index in [1.54, 1.807) is 25.1 Å². The molecule has 0 amide bonds. The number of aromatic nitrogens is 1. The lowest BCUT2D eigenvalue weighted by molar-refractivity contribution is 0.0520. The highest BCUT2D eigenvalue weighted by molar-refractivity contribution is 7.90. The average molecular weight is 550 g/mol. The number of halogens is 2. The van der Waals surface area contributed by atoms with Crippen LogP contribution in [-0.4, -0.2) is 32.1 Å². The van der Waals surface area contributed by atoms with Crippen molar-refractivity contribution in [3.05, 3.63) is 89.1 Å². The summed E-state index contributed by atoms with van der Waals surface area (Å²) >= 11 is 6.26. The van der Waals surface area contributed by atoms with E-state index in [-0.39, 0.29) is 43.6 Å². The monoisotopic (exact) mass is 549 g/mol. The molecule has 7 nitrogen and oxygen atoms in total. The zero-order chi connectivity index (χ0) is 26.1. The molecule has 0 N–H and O–H groups in total. The predicted molar refractivity (Wildman–Crippen MR) is 137 cm³/mol. The lowest BCUT2D eigenvalue weighted by atomic mass is 10.2. The van der Waals surface area contributed by atoms with Gasteiger partial charge in [-0.05, 0) is 55.0 Å². The van der Waals surface area contributed by atoms with Crippen molar-refractivity contribution in [3.8, 4) is 0 Å². The van der Waals surface area contributed by atoms with Crippen molar-refractivity contribution >= 4 is 56.5 Å². The number of carbonyl (C=O) groups is 1. The first-order chi connectivity index (χ1) is 17.2. The smallest absolute Gasteiger partial charge is 0.356 e. The Bertz CT molecular complexity index is 1600. The Morgan fingerprint density at radius 1 is 1.06 bits per heavy atom. The van der Waals surface area contributed by atoms with Crippen LogP contribution in [-0.2, 0) is 30.5 Å². The number of hydrogen-bond acceptors (Lipinski definition) is 6. The zero-order valence-corrected chi connectivity index (χ0v) is 21.8. The van der Waals surface area contributed by atoms with Crippen molar-refractivity contribution < 1.29 is 31.4 Å². The largest absolute Gasteiger partial charge is 0.461 e. The van der Waals surface area contributed by atoms with Gasteiger partial charge in [-0.25, -0.2) is 21.6 Å². The maximum absolute atomic E-state index is 14.6. The summed E-state index contributed by atoms with van der Waals surface area (Å²) in [6.45, 7) is 0.673. The second kappa shape index (κ2) is 10.2. The van der Waals surface area contributed by atoms with Crippen LogP contribution >= 0.6 is 19.0 Å². The summed E-state index contributed by atoms with van der Waals surface area (Å²) in [6.07, 6.45) is 0. The molecule has 1 atom stereocenters. The number of fused-ring (bicyclic) bond motifs is 1. The maximum Gasteiger partial charge on any atom is 0.356 e. The molecule has 0 saturated heterocycles. The summed E-state index contributed by atoms with van der Waals surface area (Å²) < 4.78 is 67.3. The number of benzene rings is 3. The van der Waals surface area contributed by atoms with Gasteiger partial charge >= 0.3 is 5.97 Å². The van der Waals surface area contributed by atoms with Gasteiger partial charge in [0.15, 0.2) is 5.69 Å². The van der Waals surface area contributed by atoms with Crippen LogP contribution in [0.15, 0.2) is 77.7 Å². The molecule has 36 heavy (non-hydrogen) atoms. The highest BCUT2D eigenvalue weighted by Crippen LogP contribution is 2.48. The lowest BCUT2D eigenvalue weighted by Crippen LogP contribution is -2.28. The van der Waals surface area contributed by atoms with E-state index in [9.17, 15) is 22.2 Å². The summed E-state index contributed by atoms with van der Waals surface area (Å²) in [6, 6.07) is 17.6. The van der Waals surface area contributed by atoms with Gasteiger partial charge in [0.05, 0.1) is 22.3 Å². The molecule has 0 aliphatic heterocycles. The van der Waals surface area contributed by atoms with Crippen LogP contribution in [0.1, 0.15) is 23.0 Å². The van der Waals surface area contributed by atoms with Crippen molar-refractivity contribution in [2.75, 3.05) is 13.7 Å². The van der Waals surface area contributed by atoms with Crippen molar-refractivity contribution in [2.24, 2.45) is 0 Å². The lowest BCUT2D eigenvalue weighted by Gasteiger charge is -2.19. The van der Waals surface area contributed by atoms with Crippen LogP contribution in [0.4, 0.5) is 4.39 Å². The Kier molecular flexibility index (Phi) is 7.38. The van der Waals surface area contributed by atoms with Gasteiger partial charge < -0.3 is 9.26 Å². The number of nitrogens with zero attached hydrogens (tertiary/aromatic N) is 1. The number of alkyl halides is 1. The molecule has 0 radical (unpaired) electrons. The molecule has 11 heteroatoms. The molecule has 0 saturated carbocycles. The maximum atomic E-state index is 14.6. The van der Waals surface area contributed by atoms with Crippen molar-refractivity contribution in [1.82, 2.24) is 3.97 Å². The molecular formula is C25H22ClFNO6PS. The SMILES string of the molecule is CCOC(=O)c1c(P(=O)(OC)c2cccc(CF)c2)c2cc(Cl)ccc2n1S(=O)(=O)c1ccccc1. The van der Waals surface area contributed by atoms with Gasteiger partial charge in [-0.3, -0.25) is 4.57 Å². The summed E-state index contributed by atoms with van der Waals surface area (Å²) in [5.41, 5.74) is -0.185. The van der Waals surface area contributed by atoms with E-state index >= 15 is 0 Å². The number of carbonyl (C=O) groups excluding carboxylic acids is 1. The van der Waals surface area contributed by atoms with Gasteiger partial charge in [-0.1, -0.05) is 41.9 Å². The van der Waals surface area contributed by atoms with Gasteiger partial charge in [-0.2, -0.15) is 0 Å². The second-order valence-corrected chi connectivity index (χ2v) is 12.4. The van der Waals surface area contributed by atoms with Gasteiger partial charge in [0.1, 0.15) is 6.67 Å². The molecule has 0 fully saturated rings. The van der Waals surface area contributed by atoms with E-state index in [0.717, 1.165) is 3.97 Å². The van der Waals surface area contributed by atoms with Gasteiger partial charge in [0.2, 0.25) is 0 Å². The Balaban J connectivity index is 2.20. The number of esters is 1. The third-order valence-corrected chi connectivity index (χ3v) is 10.0. The van der Waals surface area contributed by atoms with E-state index in [1.165, 1.54) is 61.7 Å². The Labute approximate surface area is 212 Å². The summed E-state index contributed by atoms with van der Waals surface area (Å²) in [5, 5.41) is 0.229. The quantitative estimate of drug-likeness (QED) is 0.225.